The van der Waals surface area contributed by atoms with Crippen molar-refractivity contribution in [3.63, 3.8) is 0 Å². The fourth-order valence-corrected chi connectivity index (χ4v) is 3.46. The van der Waals surface area contributed by atoms with E-state index < -0.39 is 0 Å². The van der Waals surface area contributed by atoms with E-state index in [0.29, 0.717) is 6.04 Å². The van der Waals surface area contributed by atoms with Crippen LogP contribution >= 0.6 is 0 Å². The van der Waals surface area contributed by atoms with Crippen molar-refractivity contribution < 1.29 is 4.74 Å². The second-order valence-electron chi connectivity index (χ2n) is 6.48. The summed E-state index contributed by atoms with van der Waals surface area (Å²) in [6, 6.07) is 9.47. The predicted molar refractivity (Wildman–Crippen MR) is 88.8 cm³/mol. The normalized spacial score (nSPS) is 24.0. The van der Waals surface area contributed by atoms with Crippen LogP contribution in [0.25, 0.3) is 0 Å². The molecule has 0 heterocycles. The van der Waals surface area contributed by atoms with Crippen LogP contribution in [0, 0.1) is 5.92 Å². The van der Waals surface area contributed by atoms with Crippen LogP contribution in [0.1, 0.15) is 44.2 Å². The van der Waals surface area contributed by atoms with Gasteiger partial charge in [0.2, 0.25) is 0 Å². The second-order valence-corrected chi connectivity index (χ2v) is 6.48. The summed E-state index contributed by atoms with van der Waals surface area (Å²) in [6.07, 6.45) is 5.45. The number of benzene rings is 1. The molecule has 0 radical (unpaired) electrons. The molecule has 1 fully saturated rings. The molecule has 3 nitrogen and oxygen atoms in total. The summed E-state index contributed by atoms with van der Waals surface area (Å²) in [6.45, 7) is 3.43. The van der Waals surface area contributed by atoms with E-state index in [0.717, 1.165) is 24.3 Å². The van der Waals surface area contributed by atoms with Crippen LogP contribution in [0.3, 0.4) is 0 Å². The molecule has 1 aliphatic rings. The van der Waals surface area contributed by atoms with E-state index in [1.807, 2.05) is 13.1 Å². The summed E-state index contributed by atoms with van der Waals surface area (Å²) in [5.74, 6) is 1.80. The highest BCUT2D eigenvalue weighted by Crippen LogP contribution is 2.28. The molecule has 21 heavy (non-hydrogen) atoms. The number of hydrogen-bond donors (Lipinski definition) is 1. The fourth-order valence-electron chi connectivity index (χ4n) is 3.46. The van der Waals surface area contributed by atoms with E-state index in [-0.39, 0.29) is 0 Å². The maximum absolute atomic E-state index is 5.34. The van der Waals surface area contributed by atoms with Crippen molar-refractivity contribution in [1.82, 2.24) is 10.2 Å². The van der Waals surface area contributed by atoms with Crippen LogP contribution in [0.2, 0.25) is 0 Å². The van der Waals surface area contributed by atoms with Crippen LogP contribution in [0.5, 0.6) is 5.75 Å². The summed E-state index contributed by atoms with van der Waals surface area (Å²) >= 11 is 0. The van der Waals surface area contributed by atoms with Gasteiger partial charge in [0.1, 0.15) is 5.75 Å². The second kappa shape index (κ2) is 7.81. The number of rotatable bonds is 6. The van der Waals surface area contributed by atoms with Gasteiger partial charge in [-0.15, -0.1) is 0 Å². The number of methoxy groups -OCH3 is 1. The minimum atomic E-state index is 0.349. The van der Waals surface area contributed by atoms with Gasteiger partial charge in [0.15, 0.2) is 0 Å². The van der Waals surface area contributed by atoms with Crippen LogP contribution in [0.15, 0.2) is 24.3 Å². The molecule has 1 aromatic rings. The van der Waals surface area contributed by atoms with Crippen molar-refractivity contribution in [2.24, 2.45) is 5.92 Å². The van der Waals surface area contributed by atoms with Crippen molar-refractivity contribution in [3.8, 4) is 5.75 Å². The molecule has 1 aromatic carbocycles. The molecule has 1 N–H and O–H groups in total. The van der Waals surface area contributed by atoms with Crippen LogP contribution < -0.4 is 10.1 Å². The summed E-state index contributed by atoms with van der Waals surface area (Å²) in [5, 5.41) is 3.45. The Balaban J connectivity index is 2.00. The molecule has 3 atom stereocenters. The van der Waals surface area contributed by atoms with Crippen molar-refractivity contribution in [3.05, 3.63) is 29.8 Å². The Morgan fingerprint density at radius 1 is 1.38 bits per heavy atom. The Labute approximate surface area is 129 Å². The highest BCUT2D eigenvalue weighted by atomic mass is 16.5. The van der Waals surface area contributed by atoms with Crippen LogP contribution in [-0.2, 0) is 0 Å². The number of nitrogens with zero attached hydrogens (tertiary/aromatic N) is 1. The average Bonchev–Trinajstić information content (AvgIpc) is 2.52. The lowest BCUT2D eigenvalue weighted by atomic mass is 9.86. The average molecular weight is 290 g/mol. The number of nitrogens with one attached hydrogen (secondary N) is 1. The molecule has 3 heteroatoms. The summed E-state index contributed by atoms with van der Waals surface area (Å²) < 4.78 is 5.34. The molecule has 0 saturated heterocycles. The summed E-state index contributed by atoms with van der Waals surface area (Å²) in [7, 11) is 6.04. The largest absolute Gasteiger partial charge is 0.497 e. The number of likely N-dealkylation sites (N-methyl/N-ethyl adjacent to an activating group) is 2. The van der Waals surface area contributed by atoms with E-state index >= 15 is 0 Å². The van der Waals surface area contributed by atoms with Gasteiger partial charge in [0.25, 0.3) is 0 Å². The predicted octanol–water partition coefficient (Wildman–Crippen LogP) is 3.47. The van der Waals surface area contributed by atoms with Gasteiger partial charge in [0.05, 0.1) is 7.11 Å². The van der Waals surface area contributed by atoms with Gasteiger partial charge in [0, 0.05) is 18.6 Å². The Hall–Kier alpha value is -1.06. The van der Waals surface area contributed by atoms with Gasteiger partial charge >= 0.3 is 0 Å². The van der Waals surface area contributed by atoms with E-state index in [2.05, 4.69) is 42.4 Å². The molecule has 0 spiro atoms. The Morgan fingerprint density at radius 2 is 2.19 bits per heavy atom. The smallest absolute Gasteiger partial charge is 0.119 e. The first-order valence-electron chi connectivity index (χ1n) is 8.15. The molecule has 0 amide bonds. The van der Waals surface area contributed by atoms with E-state index in [4.69, 9.17) is 4.74 Å². The van der Waals surface area contributed by atoms with Crippen molar-refractivity contribution in [2.45, 2.75) is 44.7 Å². The molecule has 0 bridgehead atoms. The zero-order valence-electron chi connectivity index (χ0n) is 13.9. The molecule has 0 aromatic heterocycles. The first-order chi connectivity index (χ1) is 10.1. The lowest BCUT2D eigenvalue weighted by Crippen LogP contribution is -2.40. The highest BCUT2D eigenvalue weighted by Gasteiger charge is 2.24. The molecular formula is C18H30N2O. The lowest BCUT2D eigenvalue weighted by molar-refractivity contribution is 0.152. The van der Waals surface area contributed by atoms with Gasteiger partial charge in [-0.1, -0.05) is 31.9 Å². The van der Waals surface area contributed by atoms with Gasteiger partial charge in [-0.3, -0.25) is 0 Å². The Bertz CT molecular complexity index is 435. The zero-order chi connectivity index (χ0) is 15.2. The van der Waals surface area contributed by atoms with E-state index in [1.165, 1.54) is 31.2 Å². The molecule has 0 aliphatic heterocycles. The minimum absolute atomic E-state index is 0.349. The zero-order valence-corrected chi connectivity index (χ0v) is 13.9. The van der Waals surface area contributed by atoms with Gasteiger partial charge in [-0.05, 0) is 50.6 Å². The number of ether oxygens (including phenoxy) is 1. The van der Waals surface area contributed by atoms with Crippen molar-refractivity contribution in [1.29, 1.82) is 0 Å². The van der Waals surface area contributed by atoms with Crippen LogP contribution in [0.4, 0.5) is 0 Å². The highest BCUT2D eigenvalue weighted by molar-refractivity contribution is 5.30. The van der Waals surface area contributed by atoms with E-state index in [9.17, 15) is 0 Å². The maximum atomic E-state index is 5.34. The Kier molecular flexibility index (Phi) is 6.07. The quantitative estimate of drug-likeness (QED) is 0.868. The molecule has 1 aliphatic carbocycles. The minimum Gasteiger partial charge on any atom is -0.497 e. The monoisotopic (exact) mass is 290 g/mol. The SMILES string of the molecule is CNC(CN(C)C1CCCC(C)C1)c1cccc(OC)c1. The molecular weight excluding hydrogens is 260 g/mol. The van der Waals surface area contributed by atoms with Crippen LogP contribution in [-0.4, -0.2) is 38.7 Å². The molecule has 118 valence electrons. The van der Waals surface area contributed by atoms with E-state index in [1.54, 1.807) is 7.11 Å². The first kappa shape index (κ1) is 16.3. The van der Waals surface area contributed by atoms with Crippen molar-refractivity contribution >= 4 is 0 Å². The third-order valence-electron chi connectivity index (χ3n) is 4.85. The molecule has 3 unspecified atom stereocenters. The van der Waals surface area contributed by atoms with Gasteiger partial charge in [-0.2, -0.15) is 0 Å². The van der Waals surface area contributed by atoms with Gasteiger partial charge in [-0.25, -0.2) is 0 Å². The fraction of sp³-hybridized carbons (Fsp3) is 0.667. The maximum Gasteiger partial charge on any atom is 0.119 e. The topological polar surface area (TPSA) is 24.5 Å². The van der Waals surface area contributed by atoms with Crippen molar-refractivity contribution in [2.75, 3.05) is 27.7 Å². The lowest BCUT2D eigenvalue weighted by Gasteiger charge is -2.36. The molecule has 2 rings (SSSR count). The van der Waals surface area contributed by atoms with Gasteiger partial charge < -0.3 is 15.0 Å². The third-order valence-corrected chi connectivity index (χ3v) is 4.85. The summed E-state index contributed by atoms with van der Waals surface area (Å²) in [5.41, 5.74) is 1.30. The standard InChI is InChI=1S/C18H30N2O/c1-14-7-5-9-16(11-14)20(3)13-18(19-2)15-8-6-10-17(12-15)21-4/h6,8,10,12,14,16,18-19H,5,7,9,11,13H2,1-4H3. The number of hydrogen-bond acceptors (Lipinski definition) is 3. The third kappa shape index (κ3) is 4.45. The first-order valence-corrected chi connectivity index (χ1v) is 8.15. The molecule has 1 saturated carbocycles. The Morgan fingerprint density at radius 3 is 2.86 bits per heavy atom. The summed E-state index contributed by atoms with van der Waals surface area (Å²) in [4.78, 5) is 2.54.